The Morgan fingerprint density at radius 1 is 1.35 bits per heavy atom. The molecule has 0 saturated carbocycles. The van der Waals surface area contributed by atoms with E-state index in [-0.39, 0.29) is 12.2 Å². The van der Waals surface area contributed by atoms with Crippen molar-refractivity contribution in [3.63, 3.8) is 0 Å². The fraction of sp³-hybridized carbons (Fsp3) is 0.250. The molecule has 0 unspecified atom stereocenters. The summed E-state index contributed by atoms with van der Waals surface area (Å²) in [6.45, 7) is 0. The summed E-state index contributed by atoms with van der Waals surface area (Å²) < 4.78 is 6.61. The maximum Gasteiger partial charge on any atom is 0.168 e. The van der Waals surface area contributed by atoms with E-state index in [0.29, 0.717) is 11.3 Å². The van der Waals surface area contributed by atoms with Crippen molar-refractivity contribution < 1.29 is 9.53 Å². The van der Waals surface area contributed by atoms with Crippen molar-refractivity contribution in [2.45, 2.75) is 6.42 Å². The number of aromatic nitrogens is 3. The number of carbonyl (C=O) groups is 1. The number of aryl methyl sites for hydroxylation is 1. The van der Waals surface area contributed by atoms with Crippen molar-refractivity contribution in [2.75, 3.05) is 7.11 Å². The second-order valence-corrected chi connectivity index (χ2v) is 3.71. The van der Waals surface area contributed by atoms with Crippen molar-refractivity contribution in [1.82, 2.24) is 15.0 Å². The Hall–Kier alpha value is -2.17. The van der Waals surface area contributed by atoms with Crippen LogP contribution in [0.25, 0.3) is 0 Å². The summed E-state index contributed by atoms with van der Waals surface area (Å²) in [7, 11) is 3.37. The number of nitrogens with zero attached hydrogens (tertiary/aromatic N) is 3. The summed E-state index contributed by atoms with van der Waals surface area (Å²) in [4.78, 5) is 11.9. The molecule has 2 rings (SSSR count). The lowest BCUT2D eigenvalue weighted by Crippen LogP contribution is -2.03. The van der Waals surface area contributed by atoms with Crippen LogP contribution in [0.1, 0.15) is 16.1 Å². The predicted octanol–water partition coefficient (Wildman–Crippen LogP) is 1.25. The maximum absolute atomic E-state index is 11.9. The summed E-state index contributed by atoms with van der Waals surface area (Å²) >= 11 is 0. The average molecular weight is 231 g/mol. The van der Waals surface area contributed by atoms with Crippen LogP contribution in [0.15, 0.2) is 30.5 Å². The monoisotopic (exact) mass is 231 g/mol. The molecule has 5 heteroatoms. The maximum atomic E-state index is 11.9. The molecule has 1 aromatic carbocycles. The van der Waals surface area contributed by atoms with Crippen LogP contribution < -0.4 is 4.74 Å². The molecule has 0 saturated heterocycles. The molecule has 0 bridgehead atoms. The van der Waals surface area contributed by atoms with Gasteiger partial charge >= 0.3 is 0 Å². The lowest BCUT2D eigenvalue weighted by atomic mass is 10.1. The number of rotatable bonds is 4. The third-order valence-electron chi connectivity index (χ3n) is 2.40. The number of hydrogen-bond donors (Lipinski definition) is 0. The van der Waals surface area contributed by atoms with Gasteiger partial charge in [-0.15, -0.1) is 5.10 Å². The molecule has 0 N–H and O–H groups in total. The molecule has 5 nitrogen and oxygen atoms in total. The number of ketones is 1. The molecule has 17 heavy (non-hydrogen) atoms. The van der Waals surface area contributed by atoms with Crippen molar-refractivity contribution >= 4 is 5.78 Å². The molecule has 0 atom stereocenters. The molecule has 0 fully saturated rings. The lowest BCUT2D eigenvalue weighted by Gasteiger charge is -2.01. The highest BCUT2D eigenvalue weighted by Gasteiger charge is 2.09. The number of ether oxygens (including phenoxy) is 1. The zero-order valence-electron chi connectivity index (χ0n) is 9.75. The molecule has 0 spiro atoms. The SMILES string of the molecule is COc1ccc(C(=O)Cc2cn(C)nn2)cc1. The minimum atomic E-state index is 0.0214. The van der Waals surface area contributed by atoms with Gasteiger partial charge in [0, 0.05) is 18.8 Å². The Morgan fingerprint density at radius 3 is 2.59 bits per heavy atom. The molecule has 0 amide bonds. The average Bonchev–Trinajstić information content (AvgIpc) is 2.75. The summed E-state index contributed by atoms with van der Waals surface area (Å²) in [6.07, 6.45) is 2.00. The van der Waals surface area contributed by atoms with Crippen LogP contribution in [-0.4, -0.2) is 27.9 Å². The van der Waals surface area contributed by atoms with Crippen LogP contribution in [0, 0.1) is 0 Å². The smallest absolute Gasteiger partial charge is 0.168 e. The Morgan fingerprint density at radius 2 is 2.06 bits per heavy atom. The fourth-order valence-corrected chi connectivity index (χ4v) is 1.52. The first-order valence-corrected chi connectivity index (χ1v) is 5.21. The van der Waals surface area contributed by atoms with E-state index in [2.05, 4.69) is 10.3 Å². The van der Waals surface area contributed by atoms with E-state index in [1.807, 2.05) is 0 Å². The van der Waals surface area contributed by atoms with Crippen molar-refractivity contribution in [3.05, 3.63) is 41.7 Å². The van der Waals surface area contributed by atoms with Crippen LogP contribution in [-0.2, 0) is 13.5 Å². The standard InChI is InChI=1S/C12H13N3O2/c1-15-8-10(13-14-15)7-12(16)9-3-5-11(17-2)6-4-9/h3-6,8H,7H2,1-2H3. The van der Waals surface area contributed by atoms with Gasteiger partial charge in [-0.25, -0.2) is 0 Å². The van der Waals surface area contributed by atoms with Gasteiger partial charge < -0.3 is 4.74 Å². The molecule has 1 aromatic heterocycles. The molecule has 0 aliphatic heterocycles. The highest BCUT2D eigenvalue weighted by atomic mass is 16.5. The van der Waals surface area contributed by atoms with Gasteiger partial charge in [0.1, 0.15) is 5.75 Å². The van der Waals surface area contributed by atoms with E-state index in [1.54, 1.807) is 49.3 Å². The number of hydrogen-bond acceptors (Lipinski definition) is 4. The van der Waals surface area contributed by atoms with E-state index in [0.717, 1.165) is 5.75 Å². The van der Waals surface area contributed by atoms with Gasteiger partial charge in [0.15, 0.2) is 5.78 Å². The second kappa shape index (κ2) is 4.78. The molecule has 1 heterocycles. The van der Waals surface area contributed by atoms with E-state index in [4.69, 9.17) is 4.74 Å². The molecular formula is C12H13N3O2. The van der Waals surface area contributed by atoms with Gasteiger partial charge in [-0.1, -0.05) is 5.21 Å². The molecule has 0 radical (unpaired) electrons. The molecular weight excluding hydrogens is 218 g/mol. The van der Waals surface area contributed by atoms with Gasteiger partial charge in [0.25, 0.3) is 0 Å². The fourth-order valence-electron chi connectivity index (χ4n) is 1.52. The molecule has 0 aliphatic rings. The highest BCUT2D eigenvalue weighted by Crippen LogP contribution is 2.12. The summed E-state index contributed by atoms with van der Waals surface area (Å²) in [5.41, 5.74) is 1.32. The van der Waals surface area contributed by atoms with E-state index < -0.39 is 0 Å². The van der Waals surface area contributed by atoms with Crippen molar-refractivity contribution in [3.8, 4) is 5.75 Å². The van der Waals surface area contributed by atoms with Crippen LogP contribution >= 0.6 is 0 Å². The third kappa shape index (κ3) is 2.69. The third-order valence-corrected chi connectivity index (χ3v) is 2.40. The van der Waals surface area contributed by atoms with Crippen molar-refractivity contribution in [1.29, 1.82) is 0 Å². The highest BCUT2D eigenvalue weighted by molar-refractivity contribution is 5.97. The Labute approximate surface area is 99.0 Å². The lowest BCUT2D eigenvalue weighted by molar-refractivity contribution is 0.0992. The van der Waals surface area contributed by atoms with E-state index in [9.17, 15) is 4.79 Å². The largest absolute Gasteiger partial charge is 0.497 e. The number of methoxy groups -OCH3 is 1. The second-order valence-electron chi connectivity index (χ2n) is 3.71. The van der Waals surface area contributed by atoms with Crippen LogP contribution in [0.5, 0.6) is 5.75 Å². The minimum Gasteiger partial charge on any atom is -0.497 e. The summed E-state index contributed by atoms with van der Waals surface area (Å²) in [5, 5.41) is 7.67. The van der Waals surface area contributed by atoms with Gasteiger partial charge in [0.05, 0.1) is 19.2 Å². The normalized spacial score (nSPS) is 10.2. The van der Waals surface area contributed by atoms with Gasteiger partial charge in [0.2, 0.25) is 0 Å². The topological polar surface area (TPSA) is 57.0 Å². The molecule has 88 valence electrons. The Balaban J connectivity index is 2.09. The predicted molar refractivity (Wildman–Crippen MR) is 62.0 cm³/mol. The number of benzene rings is 1. The van der Waals surface area contributed by atoms with Gasteiger partial charge in [-0.05, 0) is 24.3 Å². The number of Topliss-reactive ketones (excluding diaryl/α,β-unsaturated/α-hetero) is 1. The first kappa shape index (κ1) is 11.3. The van der Waals surface area contributed by atoms with E-state index >= 15 is 0 Å². The number of carbonyl (C=O) groups excluding carboxylic acids is 1. The van der Waals surface area contributed by atoms with Crippen molar-refractivity contribution in [2.24, 2.45) is 7.05 Å². The van der Waals surface area contributed by atoms with Gasteiger partial charge in [-0.2, -0.15) is 0 Å². The van der Waals surface area contributed by atoms with Crippen LogP contribution in [0.4, 0.5) is 0 Å². The molecule has 0 aliphatic carbocycles. The quantitative estimate of drug-likeness (QED) is 0.743. The zero-order chi connectivity index (χ0) is 12.3. The van der Waals surface area contributed by atoms with Crippen LogP contribution in [0.2, 0.25) is 0 Å². The van der Waals surface area contributed by atoms with Crippen LogP contribution in [0.3, 0.4) is 0 Å². The minimum absolute atomic E-state index is 0.0214. The summed E-state index contributed by atoms with van der Waals surface area (Å²) in [5.74, 6) is 0.759. The van der Waals surface area contributed by atoms with Gasteiger partial charge in [-0.3, -0.25) is 9.48 Å². The Kier molecular flexibility index (Phi) is 3.18. The summed E-state index contributed by atoms with van der Waals surface area (Å²) in [6, 6.07) is 7.03. The first-order valence-electron chi connectivity index (χ1n) is 5.21. The zero-order valence-corrected chi connectivity index (χ0v) is 9.75. The van der Waals surface area contributed by atoms with E-state index in [1.165, 1.54) is 0 Å². The Bertz CT molecular complexity index is 517. The first-order chi connectivity index (χ1) is 8.19. The molecule has 2 aromatic rings.